The average molecular weight is 361 g/mol. The third kappa shape index (κ3) is 5.32. The lowest BCUT2D eigenvalue weighted by Gasteiger charge is -2.18. The van der Waals surface area contributed by atoms with Gasteiger partial charge in [-0.2, -0.15) is 0 Å². The maximum atomic E-state index is 12.2. The molecule has 0 aliphatic heterocycles. The Morgan fingerprint density at radius 3 is 2.24 bits per heavy atom. The molecule has 2 aromatic rings. The summed E-state index contributed by atoms with van der Waals surface area (Å²) in [5, 5.41) is 2.99. The molecular formula is C19H23NO4S. The van der Waals surface area contributed by atoms with Gasteiger partial charge < -0.3 is 19.5 Å². The molecule has 25 heavy (non-hydrogen) atoms. The molecule has 0 spiro atoms. The van der Waals surface area contributed by atoms with Crippen molar-refractivity contribution < 1.29 is 19.0 Å². The second kappa shape index (κ2) is 9.22. The molecule has 5 nitrogen and oxygen atoms in total. The maximum absolute atomic E-state index is 12.2. The van der Waals surface area contributed by atoms with Gasteiger partial charge in [0.15, 0.2) is 0 Å². The summed E-state index contributed by atoms with van der Waals surface area (Å²) in [7, 11) is 4.85. The van der Waals surface area contributed by atoms with Crippen molar-refractivity contribution in [1.29, 1.82) is 0 Å². The standard InChI is InChI=1S/C19H23NO4S/c1-13(17-11-15(23-3)7-10-18(17)24-4)20-19(21)12-25-16-8-5-14(22-2)6-9-16/h5-11,13H,12H2,1-4H3,(H,20,21)/t13-/m1/s1. The van der Waals surface area contributed by atoms with Gasteiger partial charge in [-0.3, -0.25) is 4.79 Å². The first kappa shape index (κ1) is 19.0. The molecule has 0 aliphatic carbocycles. The van der Waals surface area contributed by atoms with E-state index in [1.54, 1.807) is 21.3 Å². The normalized spacial score (nSPS) is 11.5. The van der Waals surface area contributed by atoms with Crippen molar-refractivity contribution in [3.8, 4) is 17.2 Å². The Morgan fingerprint density at radius 2 is 1.64 bits per heavy atom. The highest BCUT2D eigenvalue weighted by Crippen LogP contribution is 2.29. The topological polar surface area (TPSA) is 56.8 Å². The molecule has 1 N–H and O–H groups in total. The molecule has 1 amide bonds. The fourth-order valence-corrected chi connectivity index (χ4v) is 3.07. The fraction of sp³-hybridized carbons (Fsp3) is 0.316. The van der Waals surface area contributed by atoms with E-state index < -0.39 is 0 Å². The van der Waals surface area contributed by atoms with Crippen molar-refractivity contribution in [2.75, 3.05) is 27.1 Å². The zero-order valence-electron chi connectivity index (χ0n) is 14.9. The van der Waals surface area contributed by atoms with Gasteiger partial charge in [-0.25, -0.2) is 0 Å². The van der Waals surface area contributed by atoms with Crippen LogP contribution in [0.2, 0.25) is 0 Å². The van der Waals surface area contributed by atoms with Crippen LogP contribution >= 0.6 is 11.8 Å². The van der Waals surface area contributed by atoms with Gasteiger partial charge >= 0.3 is 0 Å². The lowest BCUT2D eigenvalue weighted by atomic mass is 10.1. The number of rotatable bonds is 8. The van der Waals surface area contributed by atoms with Gasteiger partial charge in [-0.1, -0.05) is 0 Å². The molecule has 0 saturated heterocycles. The molecule has 2 aromatic carbocycles. The number of methoxy groups -OCH3 is 3. The summed E-state index contributed by atoms with van der Waals surface area (Å²) in [5.41, 5.74) is 0.879. The van der Waals surface area contributed by atoms with Crippen molar-refractivity contribution >= 4 is 17.7 Å². The average Bonchev–Trinajstić information content (AvgIpc) is 2.66. The Balaban J connectivity index is 1.95. The first-order chi connectivity index (χ1) is 12.1. The van der Waals surface area contributed by atoms with Crippen LogP contribution in [0.3, 0.4) is 0 Å². The van der Waals surface area contributed by atoms with Gasteiger partial charge in [0.25, 0.3) is 0 Å². The molecule has 6 heteroatoms. The molecule has 0 fully saturated rings. The largest absolute Gasteiger partial charge is 0.497 e. The molecular weight excluding hydrogens is 338 g/mol. The van der Waals surface area contributed by atoms with Crippen molar-refractivity contribution in [3.63, 3.8) is 0 Å². The summed E-state index contributed by atoms with van der Waals surface area (Å²) in [4.78, 5) is 13.3. The number of hydrogen-bond donors (Lipinski definition) is 1. The van der Waals surface area contributed by atoms with Gasteiger partial charge in [0.2, 0.25) is 5.91 Å². The predicted molar refractivity (Wildman–Crippen MR) is 99.8 cm³/mol. The summed E-state index contributed by atoms with van der Waals surface area (Å²) < 4.78 is 15.8. The number of ether oxygens (including phenoxy) is 3. The summed E-state index contributed by atoms with van der Waals surface area (Å²) >= 11 is 1.48. The summed E-state index contributed by atoms with van der Waals surface area (Å²) in [6.45, 7) is 1.92. The van der Waals surface area contributed by atoms with Crippen LogP contribution in [0.25, 0.3) is 0 Å². The van der Waals surface area contributed by atoms with Crippen molar-refractivity contribution in [1.82, 2.24) is 5.32 Å². The maximum Gasteiger partial charge on any atom is 0.230 e. The lowest BCUT2D eigenvalue weighted by molar-refractivity contribution is -0.119. The Morgan fingerprint density at radius 1 is 1.00 bits per heavy atom. The van der Waals surface area contributed by atoms with E-state index in [1.807, 2.05) is 49.4 Å². The summed E-state index contributed by atoms with van der Waals surface area (Å²) in [6, 6.07) is 13.0. The van der Waals surface area contributed by atoms with Gasteiger partial charge in [0.1, 0.15) is 17.2 Å². The number of hydrogen-bond acceptors (Lipinski definition) is 5. The molecule has 0 heterocycles. The van der Waals surface area contributed by atoms with Crippen LogP contribution in [0.1, 0.15) is 18.5 Å². The number of nitrogens with one attached hydrogen (secondary N) is 1. The third-order valence-electron chi connectivity index (χ3n) is 3.71. The number of carbonyl (C=O) groups excluding carboxylic acids is 1. The zero-order valence-corrected chi connectivity index (χ0v) is 15.7. The minimum atomic E-state index is -0.186. The fourth-order valence-electron chi connectivity index (χ4n) is 2.36. The monoisotopic (exact) mass is 361 g/mol. The Labute approximate surface area is 152 Å². The second-order valence-corrected chi connectivity index (χ2v) is 6.41. The minimum Gasteiger partial charge on any atom is -0.497 e. The van der Waals surface area contributed by atoms with Crippen LogP contribution in [0.15, 0.2) is 47.4 Å². The number of carbonyl (C=O) groups is 1. The molecule has 2 rings (SSSR count). The van der Waals surface area contributed by atoms with E-state index in [2.05, 4.69) is 5.32 Å². The molecule has 0 aliphatic rings. The Hall–Kier alpha value is -2.34. The van der Waals surface area contributed by atoms with E-state index in [1.165, 1.54) is 11.8 Å². The van der Waals surface area contributed by atoms with Crippen LogP contribution in [0.4, 0.5) is 0 Å². The molecule has 0 saturated carbocycles. The molecule has 1 atom stereocenters. The Bertz CT molecular complexity index is 703. The quantitative estimate of drug-likeness (QED) is 0.727. The SMILES string of the molecule is COc1ccc(SCC(=O)N[C@H](C)c2cc(OC)ccc2OC)cc1. The second-order valence-electron chi connectivity index (χ2n) is 5.36. The van der Waals surface area contributed by atoms with Gasteiger partial charge in [-0.05, 0) is 49.4 Å². The van der Waals surface area contributed by atoms with E-state index in [-0.39, 0.29) is 11.9 Å². The highest BCUT2D eigenvalue weighted by atomic mass is 32.2. The van der Waals surface area contributed by atoms with Crippen LogP contribution in [-0.2, 0) is 4.79 Å². The summed E-state index contributed by atoms with van der Waals surface area (Å²) in [5.74, 6) is 2.54. The van der Waals surface area contributed by atoms with Crippen LogP contribution in [0.5, 0.6) is 17.2 Å². The van der Waals surface area contributed by atoms with Crippen molar-refractivity contribution in [2.24, 2.45) is 0 Å². The zero-order chi connectivity index (χ0) is 18.2. The third-order valence-corrected chi connectivity index (χ3v) is 4.72. The summed E-state index contributed by atoms with van der Waals surface area (Å²) in [6.07, 6.45) is 0. The van der Waals surface area contributed by atoms with Gasteiger partial charge in [-0.15, -0.1) is 11.8 Å². The van der Waals surface area contributed by atoms with Crippen LogP contribution in [-0.4, -0.2) is 33.0 Å². The molecule has 134 valence electrons. The predicted octanol–water partition coefficient (Wildman–Crippen LogP) is 3.68. The van der Waals surface area contributed by atoms with Crippen molar-refractivity contribution in [2.45, 2.75) is 17.9 Å². The molecule has 0 aromatic heterocycles. The van der Waals surface area contributed by atoms with E-state index in [0.29, 0.717) is 5.75 Å². The van der Waals surface area contributed by atoms with Crippen LogP contribution in [0, 0.1) is 0 Å². The Kier molecular flexibility index (Phi) is 7.01. The van der Waals surface area contributed by atoms with Crippen LogP contribution < -0.4 is 19.5 Å². The van der Waals surface area contributed by atoms with Gasteiger partial charge in [0, 0.05) is 10.5 Å². The minimum absolute atomic E-state index is 0.0433. The number of thioether (sulfide) groups is 1. The lowest BCUT2D eigenvalue weighted by Crippen LogP contribution is -2.28. The number of amides is 1. The first-order valence-electron chi connectivity index (χ1n) is 7.85. The smallest absolute Gasteiger partial charge is 0.230 e. The van der Waals surface area contributed by atoms with Crippen molar-refractivity contribution in [3.05, 3.63) is 48.0 Å². The highest BCUT2D eigenvalue weighted by Gasteiger charge is 2.15. The van der Waals surface area contributed by atoms with E-state index in [0.717, 1.165) is 27.7 Å². The molecule has 0 radical (unpaired) electrons. The highest BCUT2D eigenvalue weighted by molar-refractivity contribution is 8.00. The van der Waals surface area contributed by atoms with E-state index >= 15 is 0 Å². The number of benzene rings is 2. The van der Waals surface area contributed by atoms with E-state index in [4.69, 9.17) is 14.2 Å². The molecule has 0 unspecified atom stereocenters. The van der Waals surface area contributed by atoms with Gasteiger partial charge in [0.05, 0.1) is 33.1 Å². The first-order valence-corrected chi connectivity index (χ1v) is 8.84. The molecule has 0 bridgehead atoms. The van der Waals surface area contributed by atoms with E-state index in [9.17, 15) is 4.79 Å².